The zero-order valence-electron chi connectivity index (χ0n) is 18.2. The number of phenols is 1. The Balaban J connectivity index is 1.47. The summed E-state index contributed by atoms with van der Waals surface area (Å²) in [5.74, 6) is 0.749. The normalized spacial score (nSPS) is 10.5. The van der Waals surface area contributed by atoms with Gasteiger partial charge in [0.05, 0.1) is 7.11 Å². The summed E-state index contributed by atoms with van der Waals surface area (Å²) in [5, 5.41) is 10.6. The highest BCUT2D eigenvalue weighted by Crippen LogP contribution is 2.35. The number of methoxy groups -OCH3 is 1. The van der Waals surface area contributed by atoms with E-state index in [0.29, 0.717) is 30.3 Å². The number of ketones is 1. The molecular formula is C28H24O5. The van der Waals surface area contributed by atoms with Gasteiger partial charge in [-0.25, -0.2) is 0 Å². The predicted molar refractivity (Wildman–Crippen MR) is 126 cm³/mol. The topological polar surface area (TPSA) is 65.0 Å². The molecule has 0 aliphatic rings. The number of benzene rings is 4. The van der Waals surface area contributed by atoms with Gasteiger partial charge in [-0.1, -0.05) is 60.7 Å². The smallest absolute Gasteiger partial charge is 0.200 e. The third-order valence-electron chi connectivity index (χ3n) is 5.12. The predicted octanol–water partition coefficient (Wildman–Crippen LogP) is 5.79. The summed E-state index contributed by atoms with van der Waals surface area (Å²) in [7, 11) is 1.45. The molecule has 0 spiro atoms. The van der Waals surface area contributed by atoms with Crippen molar-refractivity contribution in [2.24, 2.45) is 0 Å². The Labute approximate surface area is 192 Å². The maximum Gasteiger partial charge on any atom is 0.200 e. The quantitative estimate of drug-likeness (QED) is 0.334. The van der Waals surface area contributed by atoms with Crippen molar-refractivity contribution in [3.8, 4) is 23.0 Å². The highest BCUT2D eigenvalue weighted by atomic mass is 16.5. The second-order valence-electron chi connectivity index (χ2n) is 7.42. The molecule has 0 saturated carbocycles. The van der Waals surface area contributed by atoms with Crippen molar-refractivity contribution in [3.63, 3.8) is 0 Å². The van der Waals surface area contributed by atoms with Gasteiger partial charge in [-0.3, -0.25) is 4.79 Å². The molecule has 0 aliphatic carbocycles. The van der Waals surface area contributed by atoms with Gasteiger partial charge in [0.2, 0.25) is 5.78 Å². The van der Waals surface area contributed by atoms with Crippen LogP contribution in [0.3, 0.4) is 0 Å². The molecule has 5 nitrogen and oxygen atoms in total. The van der Waals surface area contributed by atoms with Crippen LogP contribution in [-0.2, 0) is 13.2 Å². The van der Waals surface area contributed by atoms with E-state index in [4.69, 9.17) is 14.2 Å². The molecule has 0 unspecified atom stereocenters. The molecule has 0 radical (unpaired) electrons. The Morgan fingerprint density at radius 1 is 0.727 bits per heavy atom. The number of hydrogen-bond acceptors (Lipinski definition) is 5. The van der Waals surface area contributed by atoms with Crippen LogP contribution in [0.5, 0.6) is 23.0 Å². The number of rotatable bonds is 9. The van der Waals surface area contributed by atoms with Crippen LogP contribution in [0.4, 0.5) is 0 Å². The number of hydrogen-bond donors (Lipinski definition) is 1. The van der Waals surface area contributed by atoms with E-state index >= 15 is 0 Å². The fourth-order valence-electron chi connectivity index (χ4n) is 3.38. The molecule has 1 N–H and O–H groups in total. The monoisotopic (exact) mass is 440 g/mol. The van der Waals surface area contributed by atoms with E-state index in [1.807, 2.05) is 60.7 Å². The van der Waals surface area contributed by atoms with Crippen molar-refractivity contribution in [1.82, 2.24) is 0 Å². The van der Waals surface area contributed by atoms with Crippen LogP contribution in [0.15, 0.2) is 97.1 Å². The third-order valence-corrected chi connectivity index (χ3v) is 5.12. The zero-order valence-corrected chi connectivity index (χ0v) is 18.2. The van der Waals surface area contributed by atoms with Gasteiger partial charge < -0.3 is 19.3 Å². The molecule has 0 aromatic heterocycles. The lowest BCUT2D eigenvalue weighted by atomic mass is 10.0. The summed E-state index contributed by atoms with van der Waals surface area (Å²) in [6.07, 6.45) is 0. The first kappa shape index (κ1) is 22.0. The minimum Gasteiger partial charge on any atom is -0.507 e. The van der Waals surface area contributed by atoms with Crippen LogP contribution in [0.25, 0.3) is 0 Å². The minimum atomic E-state index is -0.353. The molecule has 4 aromatic carbocycles. The molecule has 0 saturated heterocycles. The average Bonchev–Trinajstić information content (AvgIpc) is 2.87. The number of carbonyl (C=O) groups excluding carboxylic acids is 1. The van der Waals surface area contributed by atoms with Gasteiger partial charge in [0.1, 0.15) is 41.8 Å². The Bertz CT molecular complexity index is 1200. The highest BCUT2D eigenvalue weighted by Gasteiger charge is 2.21. The number of aromatic hydroxyl groups is 1. The van der Waals surface area contributed by atoms with E-state index in [1.54, 1.807) is 30.3 Å². The highest BCUT2D eigenvalue weighted by molar-refractivity contribution is 6.12. The molecule has 4 aromatic rings. The van der Waals surface area contributed by atoms with E-state index in [-0.39, 0.29) is 22.8 Å². The van der Waals surface area contributed by atoms with Crippen molar-refractivity contribution in [2.75, 3.05) is 7.11 Å². The molecule has 33 heavy (non-hydrogen) atoms. The van der Waals surface area contributed by atoms with E-state index in [2.05, 4.69) is 0 Å². The van der Waals surface area contributed by atoms with E-state index < -0.39 is 0 Å². The maximum atomic E-state index is 13.1. The largest absolute Gasteiger partial charge is 0.507 e. The fourth-order valence-corrected chi connectivity index (χ4v) is 3.38. The third kappa shape index (κ3) is 5.52. The molecule has 0 fully saturated rings. The first-order valence-corrected chi connectivity index (χ1v) is 10.5. The lowest BCUT2D eigenvalue weighted by molar-refractivity contribution is 0.103. The van der Waals surface area contributed by atoms with Crippen LogP contribution in [-0.4, -0.2) is 18.0 Å². The molecule has 0 atom stereocenters. The van der Waals surface area contributed by atoms with Gasteiger partial charge in [-0.05, 0) is 35.4 Å². The van der Waals surface area contributed by atoms with E-state index in [0.717, 1.165) is 11.1 Å². The standard InChI is InChI=1S/C28H24O5/c1-31-26-17-24(33-19-21-10-6-3-7-11-21)16-25(29)27(26)28(30)22-12-14-23(15-13-22)32-18-20-8-4-2-5-9-20/h2-17,29H,18-19H2,1H3. The summed E-state index contributed by atoms with van der Waals surface area (Å²) in [6.45, 7) is 0.772. The second-order valence-corrected chi connectivity index (χ2v) is 7.42. The zero-order chi connectivity index (χ0) is 23.0. The molecule has 0 bridgehead atoms. The van der Waals surface area contributed by atoms with Gasteiger partial charge in [-0.15, -0.1) is 0 Å². The van der Waals surface area contributed by atoms with Gasteiger partial charge in [0.25, 0.3) is 0 Å². The first-order chi connectivity index (χ1) is 16.1. The summed E-state index contributed by atoms with van der Waals surface area (Å²) in [6, 6.07) is 29.4. The molecular weight excluding hydrogens is 416 g/mol. The SMILES string of the molecule is COc1cc(OCc2ccccc2)cc(O)c1C(=O)c1ccc(OCc2ccccc2)cc1. The Hall–Kier alpha value is -4.25. The maximum absolute atomic E-state index is 13.1. The van der Waals surface area contributed by atoms with Crippen LogP contribution in [0.1, 0.15) is 27.0 Å². The van der Waals surface area contributed by atoms with Crippen molar-refractivity contribution < 1.29 is 24.1 Å². The van der Waals surface area contributed by atoms with Crippen molar-refractivity contribution in [3.05, 3.63) is 119 Å². The summed E-state index contributed by atoms with van der Waals surface area (Å²) in [4.78, 5) is 13.1. The van der Waals surface area contributed by atoms with Gasteiger partial charge in [-0.2, -0.15) is 0 Å². The fraction of sp³-hybridized carbons (Fsp3) is 0.107. The number of carbonyl (C=O) groups is 1. The number of ether oxygens (including phenoxy) is 3. The van der Waals surface area contributed by atoms with Crippen LogP contribution >= 0.6 is 0 Å². The van der Waals surface area contributed by atoms with E-state index in [1.165, 1.54) is 13.2 Å². The Morgan fingerprint density at radius 2 is 1.27 bits per heavy atom. The van der Waals surface area contributed by atoms with Crippen molar-refractivity contribution in [1.29, 1.82) is 0 Å². The van der Waals surface area contributed by atoms with Crippen LogP contribution in [0, 0.1) is 0 Å². The van der Waals surface area contributed by atoms with Gasteiger partial charge >= 0.3 is 0 Å². The lowest BCUT2D eigenvalue weighted by Crippen LogP contribution is -2.06. The molecule has 166 valence electrons. The summed E-state index contributed by atoms with van der Waals surface area (Å²) < 4.78 is 16.9. The molecule has 4 rings (SSSR count). The molecule has 0 amide bonds. The first-order valence-electron chi connectivity index (χ1n) is 10.5. The minimum absolute atomic E-state index is 0.0857. The number of phenolic OH excluding ortho intramolecular Hbond substituents is 1. The van der Waals surface area contributed by atoms with Crippen molar-refractivity contribution in [2.45, 2.75) is 13.2 Å². The van der Waals surface area contributed by atoms with E-state index in [9.17, 15) is 9.90 Å². The lowest BCUT2D eigenvalue weighted by Gasteiger charge is -2.14. The summed E-state index contributed by atoms with van der Waals surface area (Å²) in [5.41, 5.74) is 2.55. The molecule has 0 aliphatic heterocycles. The molecule has 0 heterocycles. The van der Waals surface area contributed by atoms with Crippen molar-refractivity contribution >= 4 is 5.78 Å². The average molecular weight is 440 g/mol. The van der Waals surface area contributed by atoms with Crippen LogP contribution < -0.4 is 14.2 Å². The second kappa shape index (κ2) is 10.4. The van der Waals surface area contributed by atoms with Gasteiger partial charge in [0.15, 0.2) is 0 Å². The molecule has 5 heteroatoms. The summed E-state index contributed by atoms with van der Waals surface area (Å²) >= 11 is 0. The van der Waals surface area contributed by atoms with Gasteiger partial charge in [0, 0.05) is 17.7 Å². The van der Waals surface area contributed by atoms with Crippen LogP contribution in [0.2, 0.25) is 0 Å². The Kier molecular flexibility index (Phi) is 6.90. The Morgan fingerprint density at radius 3 is 1.82 bits per heavy atom.